The number of benzene rings is 1. The lowest BCUT2D eigenvalue weighted by molar-refractivity contribution is 1.05. The van der Waals surface area contributed by atoms with Crippen molar-refractivity contribution in [2.24, 2.45) is 0 Å². The van der Waals surface area contributed by atoms with Gasteiger partial charge in [-0.25, -0.2) is 0 Å². The summed E-state index contributed by atoms with van der Waals surface area (Å²) in [5.74, 6) is 0. The first kappa shape index (κ1) is 9.12. The highest BCUT2D eigenvalue weighted by atomic mass is 31.1. The predicted octanol–water partition coefficient (Wildman–Crippen LogP) is 3.93. The van der Waals surface area contributed by atoms with Crippen molar-refractivity contribution in [3.8, 4) is 0 Å². The molecule has 0 aliphatic carbocycles. The van der Waals surface area contributed by atoms with Crippen LogP contribution in [0.3, 0.4) is 0 Å². The molecule has 0 unspecified atom stereocenters. The van der Waals surface area contributed by atoms with Crippen molar-refractivity contribution >= 4 is 13.2 Å². The van der Waals surface area contributed by atoms with Gasteiger partial charge < -0.3 is 0 Å². The van der Waals surface area contributed by atoms with Crippen LogP contribution in [0.4, 0.5) is 0 Å². The molecular weight excluding hydrogens is 199 g/mol. The number of fused-ring (bicyclic) bond motifs is 2. The highest BCUT2D eigenvalue weighted by molar-refractivity contribution is 7.74. The average molecular weight is 212 g/mol. The van der Waals surface area contributed by atoms with Crippen LogP contribution in [0.2, 0.25) is 0 Å². The third-order valence-corrected chi connectivity index (χ3v) is 5.62. The van der Waals surface area contributed by atoms with Gasteiger partial charge in [-0.05, 0) is 36.7 Å². The second-order valence-electron chi connectivity index (χ2n) is 3.87. The highest BCUT2D eigenvalue weighted by Crippen LogP contribution is 2.61. The number of allylic oxidation sites excluding steroid dienone is 6. The summed E-state index contributed by atoms with van der Waals surface area (Å²) in [5.41, 5.74) is 0. The minimum atomic E-state index is -0.145. The topological polar surface area (TPSA) is 0 Å². The summed E-state index contributed by atoms with van der Waals surface area (Å²) >= 11 is 0. The molecule has 0 radical (unpaired) electrons. The predicted molar refractivity (Wildman–Crippen MR) is 67.5 cm³/mol. The van der Waals surface area contributed by atoms with Gasteiger partial charge in [-0.3, -0.25) is 0 Å². The molecule has 0 aromatic heterocycles. The van der Waals surface area contributed by atoms with Crippen molar-refractivity contribution in [3.05, 3.63) is 65.3 Å². The molecule has 1 saturated heterocycles. The van der Waals surface area contributed by atoms with Crippen LogP contribution in [0.25, 0.3) is 0 Å². The van der Waals surface area contributed by atoms with Crippen molar-refractivity contribution in [1.82, 2.24) is 0 Å². The standard InChI is InChI=1S/C14H13P/c1-2-6-12(7-3-1)15-13-8-4-5-9-14(15)11-10-13/h1-9H,10-11H2. The fourth-order valence-electron chi connectivity index (χ4n) is 2.22. The maximum atomic E-state index is 2.31. The monoisotopic (exact) mass is 212 g/mol. The average Bonchev–Trinajstić information content (AvgIpc) is 2.53. The fraction of sp³-hybridized carbons (Fsp3) is 0.143. The molecule has 0 nitrogen and oxygen atoms in total. The zero-order chi connectivity index (χ0) is 10.1. The quantitative estimate of drug-likeness (QED) is 0.619. The van der Waals surface area contributed by atoms with E-state index in [-0.39, 0.29) is 7.92 Å². The normalized spacial score (nSPS) is 19.7. The Morgan fingerprint density at radius 1 is 0.800 bits per heavy atom. The SMILES string of the molecule is C1=CC=C2CCC(=C1)P2c1ccccc1. The molecular formula is C14H13P. The Morgan fingerprint density at radius 3 is 2.00 bits per heavy atom. The van der Waals surface area contributed by atoms with E-state index in [1.54, 1.807) is 10.6 Å². The molecule has 1 fully saturated rings. The van der Waals surface area contributed by atoms with Crippen molar-refractivity contribution in [2.75, 3.05) is 0 Å². The minimum Gasteiger partial charge on any atom is -0.0622 e. The summed E-state index contributed by atoms with van der Waals surface area (Å²) in [4.78, 5) is 0. The molecule has 0 spiro atoms. The fourth-order valence-corrected chi connectivity index (χ4v) is 4.87. The molecule has 0 atom stereocenters. The van der Waals surface area contributed by atoms with Crippen LogP contribution in [0.5, 0.6) is 0 Å². The van der Waals surface area contributed by atoms with Gasteiger partial charge in [0.1, 0.15) is 0 Å². The van der Waals surface area contributed by atoms with Crippen LogP contribution < -0.4 is 5.30 Å². The lowest BCUT2D eigenvalue weighted by atomic mass is 10.2. The first-order valence-electron chi connectivity index (χ1n) is 5.37. The summed E-state index contributed by atoms with van der Waals surface area (Å²) in [6.45, 7) is 0. The molecule has 3 rings (SSSR count). The zero-order valence-electron chi connectivity index (χ0n) is 8.56. The van der Waals surface area contributed by atoms with E-state index in [0.717, 1.165) is 0 Å². The van der Waals surface area contributed by atoms with Crippen LogP contribution >= 0.6 is 7.92 Å². The second-order valence-corrected chi connectivity index (χ2v) is 6.21. The minimum absolute atomic E-state index is 0.145. The first-order valence-corrected chi connectivity index (χ1v) is 6.71. The summed E-state index contributed by atoms with van der Waals surface area (Å²) in [6.07, 6.45) is 11.5. The van der Waals surface area contributed by atoms with E-state index in [9.17, 15) is 0 Å². The molecule has 0 saturated carbocycles. The van der Waals surface area contributed by atoms with E-state index in [2.05, 4.69) is 54.6 Å². The Morgan fingerprint density at radius 2 is 1.40 bits per heavy atom. The van der Waals surface area contributed by atoms with E-state index in [1.807, 2.05) is 0 Å². The van der Waals surface area contributed by atoms with Gasteiger partial charge in [0.15, 0.2) is 0 Å². The molecule has 15 heavy (non-hydrogen) atoms. The summed E-state index contributed by atoms with van der Waals surface area (Å²) in [6, 6.07) is 10.9. The summed E-state index contributed by atoms with van der Waals surface area (Å²) in [7, 11) is -0.145. The van der Waals surface area contributed by atoms with Gasteiger partial charge >= 0.3 is 0 Å². The van der Waals surface area contributed by atoms with Gasteiger partial charge in [0.25, 0.3) is 0 Å². The lowest BCUT2D eigenvalue weighted by Crippen LogP contribution is -1.98. The van der Waals surface area contributed by atoms with Crippen molar-refractivity contribution in [2.45, 2.75) is 12.8 Å². The summed E-state index contributed by atoms with van der Waals surface area (Å²) < 4.78 is 0. The van der Waals surface area contributed by atoms with Gasteiger partial charge in [-0.15, -0.1) is 0 Å². The Bertz CT molecular complexity index is 427. The number of hydrogen-bond acceptors (Lipinski definition) is 0. The van der Waals surface area contributed by atoms with Gasteiger partial charge in [-0.2, -0.15) is 0 Å². The van der Waals surface area contributed by atoms with Crippen LogP contribution in [0.1, 0.15) is 12.8 Å². The summed E-state index contributed by atoms with van der Waals surface area (Å²) in [5, 5.41) is 4.78. The van der Waals surface area contributed by atoms with Gasteiger partial charge in [-0.1, -0.05) is 54.6 Å². The molecule has 74 valence electrons. The Labute approximate surface area is 91.8 Å². The molecule has 0 amide bonds. The second kappa shape index (κ2) is 3.79. The maximum Gasteiger partial charge on any atom is -0.0157 e. The van der Waals surface area contributed by atoms with Crippen molar-refractivity contribution < 1.29 is 0 Å². The molecule has 2 aliphatic heterocycles. The van der Waals surface area contributed by atoms with E-state index >= 15 is 0 Å². The molecule has 1 aromatic rings. The third-order valence-electron chi connectivity index (χ3n) is 2.91. The van der Waals surface area contributed by atoms with Crippen LogP contribution in [-0.4, -0.2) is 0 Å². The molecule has 2 bridgehead atoms. The smallest absolute Gasteiger partial charge is 0.0157 e. The molecule has 0 N–H and O–H groups in total. The van der Waals surface area contributed by atoms with E-state index in [4.69, 9.17) is 0 Å². The largest absolute Gasteiger partial charge is 0.0622 e. The van der Waals surface area contributed by atoms with Crippen molar-refractivity contribution in [1.29, 1.82) is 0 Å². The maximum absolute atomic E-state index is 2.31. The zero-order valence-corrected chi connectivity index (χ0v) is 9.45. The highest BCUT2D eigenvalue weighted by Gasteiger charge is 2.26. The van der Waals surface area contributed by atoms with E-state index in [0.29, 0.717) is 0 Å². The van der Waals surface area contributed by atoms with Crippen LogP contribution in [0.15, 0.2) is 65.3 Å². The third kappa shape index (κ3) is 1.60. The lowest BCUT2D eigenvalue weighted by Gasteiger charge is -2.14. The molecule has 2 aliphatic rings. The van der Waals surface area contributed by atoms with E-state index in [1.165, 1.54) is 18.1 Å². The number of rotatable bonds is 1. The Kier molecular flexibility index (Phi) is 2.31. The first-order chi connectivity index (χ1) is 7.45. The van der Waals surface area contributed by atoms with Crippen molar-refractivity contribution in [3.63, 3.8) is 0 Å². The van der Waals surface area contributed by atoms with E-state index < -0.39 is 0 Å². The molecule has 2 heterocycles. The van der Waals surface area contributed by atoms with Gasteiger partial charge in [0.05, 0.1) is 0 Å². The Balaban J connectivity index is 2.08. The van der Waals surface area contributed by atoms with Crippen LogP contribution in [-0.2, 0) is 0 Å². The molecule has 1 aromatic carbocycles. The van der Waals surface area contributed by atoms with Gasteiger partial charge in [0.2, 0.25) is 0 Å². The van der Waals surface area contributed by atoms with Gasteiger partial charge in [0, 0.05) is 0 Å². The van der Waals surface area contributed by atoms with Crippen LogP contribution in [0, 0.1) is 0 Å². The molecule has 1 heteroatoms. The Hall–Kier alpha value is -1.13. The number of hydrogen-bond donors (Lipinski definition) is 0.